The van der Waals surface area contributed by atoms with Gasteiger partial charge in [-0.05, 0) is 30.3 Å². The van der Waals surface area contributed by atoms with Gasteiger partial charge < -0.3 is 10.4 Å². The van der Waals surface area contributed by atoms with Gasteiger partial charge in [0.05, 0.1) is 11.3 Å². The van der Waals surface area contributed by atoms with E-state index < -0.39 is 5.97 Å². The summed E-state index contributed by atoms with van der Waals surface area (Å²) in [4.78, 5) is 14.7. The van der Waals surface area contributed by atoms with Crippen LogP contribution in [0.1, 0.15) is 16.1 Å². The molecule has 1 heterocycles. The van der Waals surface area contributed by atoms with Gasteiger partial charge in [-0.2, -0.15) is 5.26 Å². The van der Waals surface area contributed by atoms with Crippen molar-refractivity contribution in [3.63, 3.8) is 0 Å². The van der Waals surface area contributed by atoms with Gasteiger partial charge in [-0.1, -0.05) is 6.07 Å². The van der Waals surface area contributed by atoms with E-state index >= 15 is 0 Å². The van der Waals surface area contributed by atoms with Crippen LogP contribution in [0.3, 0.4) is 0 Å². The fourth-order valence-electron chi connectivity index (χ4n) is 1.48. The molecule has 0 spiro atoms. The Morgan fingerprint density at radius 2 is 2.17 bits per heavy atom. The molecule has 2 rings (SSSR count). The van der Waals surface area contributed by atoms with E-state index in [4.69, 9.17) is 10.4 Å². The van der Waals surface area contributed by atoms with E-state index in [0.717, 1.165) is 0 Å². The van der Waals surface area contributed by atoms with Crippen molar-refractivity contribution in [2.24, 2.45) is 0 Å². The molecule has 88 valence electrons. The summed E-state index contributed by atoms with van der Waals surface area (Å²) < 4.78 is 0. The van der Waals surface area contributed by atoms with Crippen molar-refractivity contribution in [3.8, 4) is 6.07 Å². The Labute approximate surface area is 103 Å². The van der Waals surface area contributed by atoms with E-state index in [1.54, 1.807) is 24.3 Å². The molecule has 0 atom stereocenters. The molecule has 0 aliphatic heterocycles. The van der Waals surface area contributed by atoms with Crippen LogP contribution < -0.4 is 5.32 Å². The third kappa shape index (κ3) is 2.44. The Morgan fingerprint density at radius 3 is 2.89 bits per heavy atom. The van der Waals surface area contributed by atoms with Crippen LogP contribution >= 0.6 is 0 Å². The molecule has 0 saturated heterocycles. The normalized spacial score (nSPS) is 9.50. The van der Waals surface area contributed by atoms with Gasteiger partial charge in [0.2, 0.25) is 0 Å². The number of pyridine rings is 1. The SMILES string of the molecule is N#Cc1ncccc1Nc1cccc(C(=O)O)c1. The molecular formula is C13H9N3O2. The molecule has 0 saturated carbocycles. The van der Waals surface area contributed by atoms with Crippen LogP contribution in [0.15, 0.2) is 42.6 Å². The number of carboxylic acids is 1. The van der Waals surface area contributed by atoms with E-state index in [9.17, 15) is 4.79 Å². The molecule has 1 aromatic heterocycles. The highest BCUT2D eigenvalue weighted by Crippen LogP contribution is 2.19. The fraction of sp³-hybridized carbons (Fsp3) is 0. The molecule has 0 radical (unpaired) electrons. The van der Waals surface area contributed by atoms with Crippen molar-refractivity contribution in [2.45, 2.75) is 0 Å². The predicted molar refractivity (Wildman–Crippen MR) is 65.6 cm³/mol. The summed E-state index contributed by atoms with van der Waals surface area (Å²) in [5.74, 6) is -0.995. The zero-order valence-electron chi connectivity index (χ0n) is 9.29. The maximum atomic E-state index is 10.8. The molecule has 2 aromatic rings. The van der Waals surface area contributed by atoms with Crippen LogP contribution in [0.4, 0.5) is 11.4 Å². The number of aromatic carboxylic acids is 1. The average Bonchev–Trinajstić information content (AvgIpc) is 2.39. The number of nitrogens with one attached hydrogen (secondary N) is 1. The van der Waals surface area contributed by atoms with Crippen LogP contribution in [-0.4, -0.2) is 16.1 Å². The third-order valence-corrected chi connectivity index (χ3v) is 2.30. The second-order valence-corrected chi connectivity index (χ2v) is 3.52. The number of aromatic nitrogens is 1. The minimum Gasteiger partial charge on any atom is -0.478 e. The van der Waals surface area contributed by atoms with Crippen molar-refractivity contribution < 1.29 is 9.90 Å². The largest absolute Gasteiger partial charge is 0.478 e. The first kappa shape index (κ1) is 11.6. The summed E-state index contributed by atoms with van der Waals surface area (Å²) in [5, 5.41) is 20.7. The highest BCUT2D eigenvalue weighted by Gasteiger charge is 2.05. The molecule has 0 bridgehead atoms. The molecule has 2 N–H and O–H groups in total. The van der Waals surface area contributed by atoms with Crippen molar-refractivity contribution in [3.05, 3.63) is 53.9 Å². The highest BCUT2D eigenvalue weighted by atomic mass is 16.4. The fourth-order valence-corrected chi connectivity index (χ4v) is 1.48. The van der Waals surface area contributed by atoms with Gasteiger partial charge in [0.15, 0.2) is 5.69 Å². The standard InChI is InChI=1S/C13H9N3O2/c14-8-12-11(5-2-6-15-12)16-10-4-1-3-9(7-10)13(17)18/h1-7,16H,(H,17,18). The second-order valence-electron chi connectivity index (χ2n) is 3.52. The van der Waals surface area contributed by atoms with E-state index in [-0.39, 0.29) is 11.3 Å². The lowest BCUT2D eigenvalue weighted by atomic mass is 10.2. The van der Waals surface area contributed by atoms with Crippen LogP contribution in [-0.2, 0) is 0 Å². The second kappa shape index (κ2) is 4.97. The molecule has 0 unspecified atom stereocenters. The molecule has 0 aliphatic carbocycles. The molecule has 5 nitrogen and oxygen atoms in total. The van der Waals surface area contributed by atoms with E-state index in [2.05, 4.69) is 10.3 Å². The van der Waals surface area contributed by atoms with Crippen LogP contribution in [0, 0.1) is 11.3 Å². The van der Waals surface area contributed by atoms with Crippen LogP contribution in [0.25, 0.3) is 0 Å². The number of hydrogen-bond acceptors (Lipinski definition) is 4. The monoisotopic (exact) mass is 239 g/mol. The minimum atomic E-state index is -0.995. The van der Waals surface area contributed by atoms with Crippen molar-refractivity contribution in [1.29, 1.82) is 5.26 Å². The number of benzene rings is 1. The number of hydrogen-bond donors (Lipinski definition) is 2. The minimum absolute atomic E-state index is 0.183. The van der Waals surface area contributed by atoms with E-state index in [1.165, 1.54) is 18.3 Å². The zero-order valence-corrected chi connectivity index (χ0v) is 9.29. The summed E-state index contributed by atoms with van der Waals surface area (Å²) in [6, 6.07) is 11.7. The Hall–Kier alpha value is -2.87. The maximum absolute atomic E-state index is 10.8. The molecule has 1 aromatic carbocycles. The van der Waals surface area contributed by atoms with Crippen LogP contribution in [0.5, 0.6) is 0 Å². The van der Waals surface area contributed by atoms with Gasteiger partial charge in [0.25, 0.3) is 0 Å². The summed E-state index contributed by atoms with van der Waals surface area (Å²) >= 11 is 0. The van der Waals surface area contributed by atoms with E-state index in [1.807, 2.05) is 6.07 Å². The summed E-state index contributed by atoms with van der Waals surface area (Å²) in [6.45, 7) is 0. The number of nitriles is 1. The van der Waals surface area contributed by atoms with Crippen molar-refractivity contribution in [2.75, 3.05) is 5.32 Å². The van der Waals surface area contributed by atoms with Crippen LogP contribution in [0.2, 0.25) is 0 Å². The van der Waals surface area contributed by atoms with Gasteiger partial charge in [-0.3, -0.25) is 0 Å². The highest BCUT2D eigenvalue weighted by molar-refractivity contribution is 5.89. The first-order chi connectivity index (χ1) is 8.70. The molecular weight excluding hydrogens is 230 g/mol. The lowest BCUT2D eigenvalue weighted by molar-refractivity contribution is 0.0697. The van der Waals surface area contributed by atoms with Crippen molar-refractivity contribution >= 4 is 17.3 Å². The number of carboxylic acid groups (broad SMARTS) is 1. The first-order valence-electron chi connectivity index (χ1n) is 5.16. The Morgan fingerprint density at radius 1 is 1.33 bits per heavy atom. The number of rotatable bonds is 3. The average molecular weight is 239 g/mol. The smallest absolute Gasteiger partial charge is 0.335 e. The topological polar surface area (TPSA) is 86.0 Å². The summed E-state index contributed by atoms with van der Waals surface area (Å²) in [7, 11) is 0. The maximum Gasteiger partial charge on any atom is 0.335 e. The van der Waals surface area contributed by atoms with Crippen molar-refractivity contribution in [1.82, 2.24) is 4.98 Å². The van der Waals surface area contributed by atoms with Gasteiger partial charge in [-0.25, -0.2) is 9.78 Å². The summed E-state index contributed by atoms with van der Waals surface area (Å²) in [5.41, 5.74) is 1.59. The van der Waals surface area contributed by atoms with Gasteiger partial charge in [0.1, 0.15) is 6.07 Å². The van der Waals surface area contributed by atoms with Gasteiger partial charge in [0, 0.05) is 11.9 Å². The lowest BCUT2D eigenvalue weighted by Crippen LogP contribution is -1.99. The van der Waals surface area contributed by atoms with E-state index in [0.29, 0.717) is 11.4 Å². The Bertz CT molecular complexity index is 632. The molecule has 5 heteroatoms. The quantitative estimate of drug-likeness (QED) is 0.858. The van der Waals surface area contributed by atoms with Gasteiger partial charge >= 0.3 is 5.97 Å². The summed E-state index contributed by atoms with van der Waals surface area (Å²) in [6.07, 6.45) is 1.53. The molecule has 0 amide bonds. The Balaban J connectivity index is 2.32. The zero-order chi connectivity index (χ0) is 13.0. The molecule has 0 fully saturated rings. The lowest BCUT2D eigenvalue weighted by Gasteiger charge is -2.07. The first-order valence-corrected chi connectivity index (χ1v) is 5.16. The molecule has 0 aliphatic rings. The number of anilines is 2. The molecule has 18 heavy (non-hydrogen) atoms. The third-order valence-electron chi connectivity index (χ3n) is 2.30. The Kier molecular flexibility index (Phi) is 3.21. The predicted octanol–water partition coefficient (Wildman–Crippen LogP) is 2.40. The van der Waals surface area contributed by atoms with Gasteiger partial charge in [-0.15, -0.1) is 0 Å². The number of carbonyl (C=O) groups is 1. The number of nitrogens with zero attached hydrogens (tertiary/aromatic N) is 2.